The van der Waals surface area contributed by atoms with E-state index >= 15 is 0 Å². The molecule has 0 aliphatic carbocycles. The molecule has 1 heterocycles. The normalized spacial score (nSPS) is 8.92. The maximum absolute atomic E-state index is 13.0. The van der Waals surface area contributed by atoms with Gasteiger partial charge in [0.1, 0.15) is 0 Å². The van der Waals surface area contributed by atoms with E-state index in [1.54, 1.807) is 0 Å². The van der Waals surface area contributed by atoms with E-state index in [1.165, 1.54) is 12.3 Å². The first-order valence-corrected chi connectivity index (χ1v) is 4.60. The fourth-order valence-electron chi connectivity index (χ4n) is 0.643. The Morgan fingerprint density at radius 3 is 3.08 bits per heavy atom. The van der Waals surface area contributed by atoms with Gasteiger partial charge in [0.05, 0.1) is 10.9 Å². The summed E-state index contributed by atoms with van der Waals surface area (Å²) in [5.41, 5.74) is 0.273. The highest BCUT2D eigenvalue weighted by Crippen LogP contribution is 2.13. The molecule has 0 amide bonds. The number of nitrogens with zero attached hydrogens (tertiary/aromatic N) is 1. The SMILES string of the molecule is Fc1c(C#CCBr)ccnc1Cl. The van der Waals surface area contributed by atoms with Crippen LogP contribution in [0, 0.1) is 17.7 Å². The van der Waals surface area contributed by atoms with Crippen LogP contribution in [-0.4, -0.2) is 10.3 Å². The van der Waals surface area contributed by atoms with Crippen molar-refractivity contribution in [2.45, 2.75) is 0 Å². The van der Waals surface area contributed by atoms with Gasteiger partial charge in [-0.05, 0) is 6.07 Å². The molecular formula is C8H4BrClFN. The lowest BCUT2D eigenvalue weighted by Gasteiger charge is -1.93. The second kappa shape index (κ2) is 4.44. The van der Waals surface area contributed by atoms with Crippen molar-refractivity contribution in [2.24, 2.45) is 0 Å². The summed E-state index contributed by atoms with van der Waals surface area (Å²) >= 11 is 8.53. The Morgan fingerprint density at radius 1 is 1.67 bits per heavy atom. The molecule has 4 heteroatoms. The van der Waals surface area contributed by atoms with E-state index in [2.05, 4.69) is 32.8 Å². The Labute approximate surface area is 83.1 Å². The lowest BCUT2D eigenvalue weighted by Crippen LogP contribution is -1.87. The van der Waals surface area contributed by atoms with Crippen molar-refractivity contribution in [1.82, 2.24) is 4.98 Å². The second-order valence-corrected chi connectivity index (χ2v) is 2.82. The lowest BCUT2D eigenvalue weighted by atomic mass is 10.2. The Balaban J connectivity index is 3.08. The van der Waals surface area contributed by atoms with Gasteiger partial charge >= 0.3 is 0 Å². The van der Waals surface area contributed by atoms with Crippen molar-refractivity contribution in [2.75, 3.05) is 5.33 Å². The minimum atomic E-state index is -0.562. The molecule has 12 heavy (non-hydrogen) atoms. The van der Waals surface area contributed by atoms with Crippen LogP contribution >= 0.6 is 27.5 Å². The van der Waals surface area contributed by atoms with Crippen LogP contribution in [0.1, 0.15) is 5.56 Å². The first-order valence-electron chi connectivity index (χ1n) is 3.10. The average Bonchev–Trinajstić information content (AvgIpc) is 2.08. The van der Waals surface area contributed by atoms with Crippen molar-refractivity contribution >= 4 is 27.5 Å². The number of alkyl halides is 1. The molecule has 0 fully saturated rings. The van der Waals surface area contributed by atoms with Gasteiger partial charge in [-0.1, -0.05) is 39.4 Å². The maximum atomic E-state index is 13.0. The summed E-state index contributed by atoms with van der Waals surface area (Å²) in [6, 6.07) is 1.48. The highest BCUT2D eigenvalue weighted by Gasteiger charge is 2.03. The molecule has 0 aliphatic rings. The zero-order valence-electron chi connectivity index (χ0n) is 5.94. The Hall–Kier alpha value is -0.590. The van der Waals surface area contributed by atoms with E-state index in [9.17, 15) is 4.39 Å². The molecule has 62 valence electrons. The first kappa shape index (κ1) is 9.50. The summed E-state index contributed by atoms with van der Waals surface area (Å²) in [4.78, 5) is 3.56. The van der Waals surface area contributed by atoms with Crippen LogP contribution in [0.15, 0.2) is 12.3 Å². The van der Waals surface area contributed by atoms with Gasteiger partial charge in [-0.15, -0.1) is 0 Å². The number of pyridine rings is 1. The summed E-state index contributed by atoms with van der Waals surface area (Å²) in [6.45, 7) is 0. The number of rotatable bonds is 0. The van der Waals surface area contributed by atoms with Crippen molar-refractivity contribution in [1.29, 1.82) is 0 Å². The van der Waals surface area contributed by atoms with E-state index in [0.29, 0.717) is 5.33 Å². The van der Waals surface area contributed by atoms with Crippen LogP contribution in [0.3, 0.4) is 0 Å². The third-order valence-corrected chi connectivity index (χ3v) is 1.68. The van der Waals surface area contributed by atoms with Crippen LogP contribution in [0.2, 0.25) is 5.15 Å². The van der Waals surface area contributed by atoms with Gasteiger partial charge in [0.15, 0.2) is 11.0 Å². The summed E-state index contributed by atoms with van der Waals surface area (Å²) in [7, 11) is 0. The Bertz CT molecular complexity index is 343. The molecule has 1 aromatic heterocycles. The summed E-state index contributed by atoms with van der Waals surface area (Å²) in [6.07, 6.45) is 1.42. The van der Waals surface area contributed by atoms with Crippen molar-refractivity contribution in [3.8, 4) is 11.8 Å². The number of aromatic nitrogens is 1. The molecule has 0 saturated carbocycles. The highest BCUT2D eigenvalue weighted by atomic mass is 79.9. The van der Waals surface area contributed by atoms with Crippen molar-refractivity contribution in [3.63, 3.8) is 0 Å². The van der Waals surface area contributed by atoms with Crippen molar-refractivity contribution < 1.29 is 4.39 Å². The molecule has 1 nitrogen and oxygen atoms in total. The molecule has 0 atom stereocenters. The fraction of sp³-hybridized carbons (Fsp3) is 0.125. The molecule has 0 bridgehead atoms. The van der Waals surface area contributed by atoms with E-state index in [1.807, 2.05) is 0 Å². The molecule has 0 unspecified atom stereocenters. The minimum absolute atomic E-state index is 0.142. The van der Waals surface area contributed by atoms with Crippen LogP contribution in [-0.2, 0) is 0 Å². The third kappa shape index (κ3) is 2.20. The lowest BCUT2D eigenvalue weighted by molar-refractivity contribution is 0.618. The van der Waals surface area contributed by atoms with E-state index in [4.69, 9.17) is 11.6 Å². The van der Waals surface area contributed by atoms with Gasteiger partial charge in [0.25, 0.3) is 0 Å². The molecule has 1 rings (SSSR count). The van der Waals surface area contributed by atoms with E-state index in [-0.39, 0.29) is 10.7 Å². The van der Waals surface area contributed by atoms with Crippen LogP contribution < -0.4 is 0 Å². The monoisotopic (exact) mass is 247 g/mol. The average molecular weight is 248 g/mol. The highest BCUT2D eigenvalue weighted by molar-refractivity contribution is 9.09. The number of hydrogen-bond donors (Lipinski definition) is 0. The fourth-order valence-corrected chi connectivity index (χ4v) is 0.942. The van der Waals surface area contributed by atoms with Gasteiger partial charge in [-0.3, -0.25) is 0 Å². The van der Waals surface area contributed by atoms with Gasteiger partial charge in [-0.25, -0.2) is 9.37 Å². The molecule has 0 radical (unpaired) electrons. The van der Waals surface area contributed by atoms with Gasteiger partial charge in [-0.2, -0.15) is 0 Å². The predicted octanol–water partition coefficient (Wildman–Crippen LogP) is 2.62. The minimum Gasteiger partial charge on any atom is -0.241 e. The third-order valence-electron chi connectivity index (χ3n) is 1.14. The quantitative estimate of drug-likeness (QED) is 0.391. The van der Waals surface area contributed by atoms with Gasteiger partial charge in [0, 0.05) is 6.20 Å². The maximum Gasteiger partial charge on any atom is 0.176 e. The molecule has 1 aromatic rings. The van der Waals surface area contributed by atoms with Crippen molar-refractivity contribution in [3.05, 3.63) is 28.8 Å². The van der Waals surface area contributed by atoms with Gasteiger partial charge < -0.3 is 0 Å². The molecule has 0 N–H and O–H groups in total. The Kier molecular flexibility index (Phi) is 3.51. The molecular weight excluding hydrogens is 244 g/mol. The smallest absolute Gasteiger partial charge is 0.176 e. The van der Waals surface area contributed by atoms with Crippen LogP contribution in [0.5, 0.6) is 0 Å². The zero-order valence-corrected chi connectivity index (χ0v) is 8.28. The largest absolute Gasteiger partial charge is 0.241 e. The number of hydrogen-bond acceptors (Lipinski definition) is 1. The first-order chi connectivity index (χ1) is 5.75. The molecule has 0 aromatic carbocycles. The predicted molar refractivity (Wildman–Crippen MR) is 49.9 cm³/mol. The van der Waals surface area contributed by atoms with Gasteiger partial charge in [0.2, 0.25) is 0 Å². The summed E-state index contributed by atoms with van der Waals surface area (Å²) in [5.74, 6) is 4.72. The molecule has 0 spiro atoms. The van der Waals surface area contributed by atoms with Crippen LogP contribution in [0.4, 0.5) is 4.39 Å². The summed E-state index contributed by atoms with van der Waals surface area (Å²) in [5, 5.41) is 0.364. The topological polar surface area (TPSA) is 12.9 Å². The summed E-state index contributed by atoms with van der Waals surface area (Å²) < 4.78 is 13.0. The van der Waals surface area contributed by atoms with Crippen LogP contribution in [0.25, 0.3) is 0 Å². The number of halogens is 3. The van der Waals surface area contributed by atoms with E-state index in [0.717, 1.165) is 0 Å². The standard InChI is InChI=1S/C8H4BrClFN/c9-4-1-2-6-3-5-12-8(10)7(6)11/h3,5H,4H2. The molecule has 0 aliphatic heterocycles. The molecule has 0 saturated heterocycles. The second-order valence-electron chi connectivity index (χ2n) is 1.90. The van der Waals surface area contributed by atoms with E-state index < -0.39 is 5.82 Å². The Morgan fingerprint density at radius 2 is 2.42 bits per heavy atom. The zero-order chi connectivity index (χ0) is 8.97.